The predicted molar refractivity (Wildman–Crippen MR) is 78.2 cm³/mol. The van der Waals surface area contributed by atoms with Crippen LogP contribution in [0.4, 0.5) is 0 Å². The largest absolute Gasteiger partial charge is 0.489 e. The number of Topliss-reactive ketones (excluding diaryl/α,β-unsaturated/α-hetero) is 2. The van der Waals surface area contributed by atoms with E-state index >= 15 is 0 Å². The molecule has 0 bridgehead atoms. The van der Waals surface area contributed by atoms with E-state index in [1.807, 2.05) is 0 Å². The highest BCUT2D eigenvalue weighted by Crippen LogP contribution is 2.42. The van der Waals surface area contributed by atoms with Crippen molar-refractivity contribution in [3.05, 3.63) is 23.3 Å². The number of ketones is 2. The molecule has 1 aliphatic heterocycles. The van der Waals surface area contributed by atoms with Gasteiger partial charge in [0.05, 0.1) is 11.5 Å². The minimum atomic E-state index is -0.449. The van der Waals surface area contributed by atoms with E-state index in [1.54, 1.807) is 12.1 Å². The number of rotatable bonds is 3. The molecule has 2 unspecified atom stereocenters. The number of esters is 1. The van der Waals surface area contributed by atoms with Crippen LogP contribution in [0.25, 0.3) is 0 Å². The van der Waals surface area contributed by atoms with Crippen molar-refractivity contribution in [2.45, 2.75) is 45.6 Å². The second-order valence-corrected chi connectivity index (χ2v) is 5.99. The zero-order chi connectivity index (χ0) is 15.9. The lowest BCUT2D eigenvalue weighted by molar-refractivity contribution is -0.131. The monoisotopic (exact) mass is 302 g/mol. The van der Waals surface area contributed by atoms with Crippen LogP contribution < -0.4 is 9.47 Å². The Kier molecular flexibility index (Phi) is 3.72. The summed E-state index contributed by atoms with van der Waals surface area (Å²) >= 11 is 0. The maximum absolute atomic E-state index is 12.7. The maximum Gasteiger partial charge on any atom is 0.308 e. The quantitative estimate of drug-likeness (QED) is 0.634. The Morgan fingerprint density at radius 2 is 2.05 bits per heavy atom. The lowest BCUT2D eigenvalue weighted by atomic mass is 9.87. The van der Waals surface area contributed by atoms with Gasteiger partial charge < -0.3 is 9.47 Å². The van der Waals surface area contributed by atoms with Gasteiger partial charge in [-0.2, -0.15) is 0 Å². The first kappa shape index (κ1) is 14.8. The van der Waals surface area contributed by atoms with Crippen LogP contribution in [0.1, 0.15) is 49.0 Å². The zero-order valence-electron chi connectivity index (χ0n) is 12.7. The average Bonchev–Trinajstić information content (AvgIpc) is 2.85. The summed E-state index contributed by atoms with van der Waals surface area (Å²) in [5.41, 5.74) is 1.06. The molecule has 0 aromatic heterocycles. The van der Waals surface area contributed by atoms with Crippen LogP contribution in [0.15, 0.2) is 12.1 Å². The summed E-state index contributed by atoms with van der Waals surface area (Å²) in [6, 6.07) is 3.17. The van der Waals surface area contributed by atoms with Gasteiger partial charge in [-0.25, -0.2) is 0 Å². The predicted octanol–water partition coefficient (Wildman–Crippen LogP) is 2.49. The van der Waals surface area contributed by atoms with Gasteiger partial charge in [-0.15, -0.1) is 0 Å². The van der Waals surface area contributed by atoms with Gasteiger partial charge in [0, 0.05) is 19.4 Å². The molecule has 1 aromatic carbocycles. The molecule has 0 spiro atoms. The van der Waals surface area contributed by atoms with Crippen molar-refractivity contribution >= 4 is 17.5 Å². The molecule has 2 atom stereocenters. The standard InChI is InChI=1S/C17H18O5/c1-9(18)6-11-7-12(21-10(2)19)8-15-16(11)17(20)13-4-3-5-14(13)22-15/h7-8,13-14H,3-6H2,1-2H3. The molecule has 0 N–H and O–H groups in total. The van der Waals surface area contributed by atoms with Crippen molar-refractivity contribution in [3.63, 3.8) is 0 Å². The number of benzene rings is 1. The molecular formula is C17H18O5. The Labute approximate surface area is 128 Å². The van der Waals surface area contributed by atoms with Crippen LogP contribution in [0.5, 0.6) is 11.5 Å². The third kappa shape index (κ3) is 2.63. The first-order valence-corrected chi connectivity index (χ1v) is 7.51. The molecular weight excluding hydrogens is 284 g/mol. The van der Waals surface area contributed by atoms with Crippen LogP contribution in [0.3, 0.4) is 0 Å². The fraction of sp³-hybridized carbons (Fsp3) is 0.471. The van der Waals surface area contributed by atoms with Crippen molar-refractivity contribution in [2.24, 2.45) is 5.92 Å². The second-order valence-electron chi connectivity index (χ2n) is 5.99. The molecule has 116 valence electrons. The molecule has 0 amide bonds. The molecule has 1 fully saturated rings. The SMILES string of the molecule is CC(=O)Cc1cc(OC(C)=O)cc2c1C(=O)C1CCCC1O2. The molecule has 3 rings (SSSR count). The molecule has 1 aliphatic carbocycles. The van der Waals surface area contributed by atoms with Crippen molar-refractivity contribution in [1.29, 1.82) is 0 Å². The van der Waals surface area contributed by atoms with Crippen LogP contribution in [-0.4, -0.2) is 23.6 Å². The third-order valence-electron chi connectivity index (χ3n) is 4.17. The van der Waals surface area contributed by atoms with E-state index in [2.05, 4.69) is 0 Å². The van der Waals surface area contributed by atoms with E-state index in [0.29, 0.717) is 22.6 Å². The molecule has 0 saturated heterocycles. The molecule has 1 aromatic rings. The van der Waals surface area contributed by atoms with E-state index < -0.39 is 5.97 Å². The van der Waals surface area contributed by atoms with Crippen LogP contribution >= 0.6 is 0 Å². The van der Waals surface area contributed by atoms with Gasteiger partial charge in [-0.05, 0) is 37.8 Å². The summed E-state index contributed by atoms with van der Waals surface area (Å²) in [5.74, 6) is 0.181. The fourth-order valence-electron chi connectivity index (χ4n) is 3.37. The molecule has 2 aliphatic rings. The molecule has 0 radical (unpaired) electrons. The molecule has 22 heavy (non-hydrogen) atoms. The van der Waals surface area contributed by atoms with Crippen LogP contribution in [-0.2, 0) is 16.0 Å². The number of fused-ring (bicyclic) bond motifs is 2. The van der Waals surface area contributed by atoms with E-state index in [4.69, 9.17) is 9.47 Å². The minimum absolute atomic E-state index is 0.0503. The number of carbonyl (C=O) groups excluding carboxylic acids is 3. The van der Waals surface area contributed by atoms with Crippen molar-refractivity contribution in [2.75, 3.05) is 0 Å². The van der Waals surface area contributed by atoms with Crippen molar-refractivity contribution in [1.82, 2.24) is 0 Å². The highest BCUT2D eigenvalue weighted by molar-refractivity contribution is 6.04. The Balaban J connectivity index is 2.08. The minimum Gasteiger partial charge on any atom is -0.489 e. The summed E-state index contributed by atoms with van der Waals surface area (Å²) in [4.78, 5) is 35.4. The van der Waals surface area contributed by atoms with Gasteiger partial charge >= 0.3 is 5.97 Å². The summed E-state index contributed by atoms with van der Waals surface area (Å²) in [6.07, 6.45) is 2.68. The summed E-state index contributed by atoms with van der Waals surface area (Å²) in [5, 5.41) is 0. The summed E-state index contributed by atoms with van der Waals surface area (Å²) < 4.78 is 11.1. The zero-order valence-corrected chi connectivity index (χ0v) is 12.7. The molecule has 1 heterocycles. The molecule has 5 nitrogen and oxygen atoms in total. The second kappa shape index (κ2) is 5.55. The van der Waals surface area contributed by atoms with E-state index in [0.717, 1.165) is 19.3 Å². The molecule has 1 saturated carbocycles. The fourth-order valence-corrected chi connectivity index (χ4v) is 3.37. The summed E-state index contributed by atoms with van der Waals surface area (Å²) in [7, 11) is 0. The third-order valence-corrected chi connectivity index (χ3v) is 4.17. The maximum atomic E-state index is 12.7. The Morgan fingerprint density at radius 3 is 2.73 bits per heavy atom. The lowest BCUT2D eigenvalue weighted by Gasteiger charge is -2.29. The Morgan fingerprint density at radius 1 is 1.27 bits per heavy atom. The van der Waals surface area contributed by atoms with Crippen molar-refractivity contribution in [3.8, 4) is 11.5 Å². The lowest BCUT2D eigenvalue weighted by Crippen LogP contribution is -2.34. The highest BCUT2D eigenvalue weighted by Gasteiger charge is 2.41. The number of carbonyl (C=O) groups is 3. The highest BCUT2D eigenvalue weighted by atomic mass is 16.5. The van der Waals surface area contributed by atoms with E-state index in [-0.39, 0.29) is 30.0 Å². The number of hydrogen-bond donors (Lipinski definition) is 0. The van der Waals surface area contributed by atoms with Crippen molar-refractivity contribution < 1.29 is 23.9 Å². The van der Waals surface area contributed by atoms with Crippen LogP contribution in [0, 0.1) is 5.92 Å². The Hall–Kier alpha value is -2.17. The van der Waals surface area contributed by atoms with E-state index in [9.17, 15) is 14.4 Å². The first-order chi connectivity index (χ1) is 10.5. The van der Waals surface area contributed by atoms with Gasteiger partial charge in [-0.1, -0.05) is 0 Å². The first-order valence-electron chi connectivity index (χ1n) is 7.51. The normalized spacial score (nSPS) is 22.5. The van der Waals surface area contributed by atoms with Gasteiger partial charge in [0.15, 0.2) is 5.78 Å². The van der Waals surface area contributed by atoms with Crippen LogP contribution in [0.2, 0.25) is 0 Å². The van der Waals surface area contributed by atoms with E-state index in [1.165, 1.54) is 13.8 Å². The van der Waals surface area contributed by atoms with Gasteiger partial charge in [0.1, 0.15) is 23.4 Å². The smallest absolute Gasteiger partial charge is 0.308 e. The Bertz CT molecular complexity index is 661. The average molecular weight is 302 g/mol. The van der Waals surface area contributed by atoms with Gasteiger partial charge in [-0.3, -0.25) is 14.4 Å². The molecule has 5 heteroatoms. The topological polar surface area (TPSA) is 69.7 Å². The summed E-state index contributed by atoms with van der Waals surface area (Å²) in [6.45, 7) is 2.78. The number of hydrogen-bond acceptors (Lipinski definition) is 5. The van der Waals surface area contributed by atoms with Gasteiger partial charge in [0.25, 0.3) is 0 Å². The van der Waals surface area contributed by atoms with Gasteiger partial charge in [0.2, 0.25) is 0 Å². The number of ether oxygens (including phenoxy) is 2.